The fourth-order valence-corrected chi connectivity index (χ4v) is 6.37. The number of nitrogens with one attached hydrogen (secondary N) is 2. The second kappa shape index (κ2) is 11.9. The van der Waals surface area contributed by atoms with Crippen molar-refractivity contribution in [2.24, 2.45) is 0 Å². The molecule has 0 spiro atoms. The van der Waals surface area contributed by atoms with Crippen LogP contribution in [0.3, 0.4) is 0 Å². The molecule has 0 aliphatic carbocycles. The van der Waals surface area contributed by atoms with E-state index in [1.54, 1.807) is 28.1 Å². The average molecular weight is 597 g/mol. The van der Waals surface area contributed by atoms with E-state index in [0.29, 0.717) is 58.6 Å². The van der Waals surface area contributed by atoms with Crippen molar-refractivity contribution in [2.75, 3.05) is 43.9 Å². The van der Waals surface area contributed by atoms with E-state index in [4.69, 9.17) is 4.74 Å². The molecule has 2 aromatic heterocycles. The predicted molar refractivity (Wildman–Crippen MR) is 169 cm³/mol. The Balaban J connectivity index is 1.22. The van der Waals surface area contributed by atoms with Crippen LogP contribution in [0.15, 0.2) is 72.9 Å². The van der Waals surface area contributed by atoms with E-state index in [2.05, 4.69) is 15.6 Å². The maximum absolute atomic E-state index is 13.6. The van der Waals surface area contributed by atoms with Crippen molar-refractivity contribution in [3.05, 3.63) is 83.4 Å². The molecular weight excluding hydrogens is 564 g/mol. The standard InChI is InChI=1S/C32H32N6O4S/c1-20-18-23(42-22-8-5-4-6-9-22)11-12-24(20)38-25-13-15-33-31-27(25)28(35-32(38)41)29(43-31)30(40)34-21-14-17-37(19-21)26(39)10-7-16-36(2)3/h4-13,15,18,21H,14,16-17,19H2,1-3H3,(H,34,40)(H,35,41). The van der Waals surface area contributed by atoms with Crippen LogP contribution in [0, 0.1) is 6.92 Å². The van der Waals surface area contributed by atoms with Gasteiger partial charge in [-0.3, -0.25) is 14.5 Å². The van der Waals surface area contributed by atoms with Crippen molar-refractivity contribution in [3.63, 3.8) is 0 Å². The first-order valence-electron chi connectivity index (χ1n) is 14.1. The Morgan fingerprint density at radius 3 is 2.72 bits per heavy atom. The zero-order valence-electron chi connectivity index (χ0n) is 24.2. The average Bonchev–Trinajstić information content (AvgIpc) is 3.60. The molecule has 1 fully saturated rings. The Hall–Kier alpha value is -4.74. The lowest BCUT2D eigenvalue weighted by Crippen LogP contribution is -2.39. The third-order valence-electron chi connectivity index (χ3n) is 7.41. The molecule has 6 rings (SSSR count). The number of rotatable bonds is 8. The van der Waals surface area contributed by atoms with Crippen LogP contribution in [0.1, 0.15) is 21.7 Å². The predicted octanol–water partition coefficient (Wildman–Crippen LogP) is 5.53. The molecule has 0 bridgehead atoms. The van der Waals surface area contributed by atoms with Gasteiger partial charge in [-0.2, -0.15) is 0 Å². The van der Waals surface area contributed by atoms with E-state index in [9.17, 15) is 14.4 Å². The summed E-state index contributed by atoms with van der Waals surface area (Å²) in [5.41, 5.74) is 2.66. The fourth-order valence-electron chi connectivity index (χ4n) is 5.35. The van der Waals surface area contributed by atoms with Crippen LogP contribution >= 0.6 is 11.3 Å². The van der Waals surface area contributed by atoms with E-state index in [-0.39, 0.29) is 23.9 Å². The van der Waals surface area contributed by atoms with Crippen molar-refractivity contribution in [3.8, 4) is 11.5 Å². The summed E-state index contributed by atoms with van der Waals surface area (Å²) in [7, 11) is 3.88. The van der Waals surface area contributed by atoms with Gasteiger partial charge in [0.05, 0.1) is 22.4 Å². The van der Waals surface area contributed by atoms with Crippen molar-refractivity contribution in [1.29, 1.82) is 0 Å². The third kappa shape index (κ3) is 5.81. The molecule has 0 saturated carbocycles. The molecule has 10 nitrogen and oxygen atoms in total. The van der Waals surface area contributed by atoms with E-state index in [1.807, 2.05) is 80.5 Å². The zero-order chi connectivity index (χ0) is 30.1. The van der Waals surface area contributed by atoms with Gasteiger partial charge in [-0.15, -0.1) is 11.3 Å². The van der Waals surface area contributed by atoms with Crippen molar-refractivity contribution >= 4 is 56.5 Å². The summed E-state index contributed by atoms with van der Waals surface area (Å²) < 4.78 is 5.97. The van der Waals surface area contributed by atoms with Gasteiger partial charge in [-0.25, -0.2) is 9.78 Å². The Morgan fingerprint density at radius 1 is 1.14 bits per heavy atom. The number of carbonyl (C=O) groups excluding carboxylic acids is 3. The number of thiophene rings is 1. The fraction of sp³-hybridized carbons (Fsp3) is 0.250. The molecule has 0 radical (unpaired) electrons. The van der Waals surface area contributed by atoms with Gasteiger partial charge in [-0.1, -0.05) is 24.3 Å². The minimum Gasteiger partial charge on any atom is -0.457 e. The molecule has 4 amide bonds. The molecule has 2 aliphatic heterocycles. The second-order valence-corrected chi connectivity index (χ2v) is 11.9. The van der Waals surface area contributed by atoms with Gasteiger partial charge in [0.15, 0.2) is 0 Å². The summed E-state index contributed by atoms with van der Waals surface area (Å²) in [5, 5.41) is 6.74. The maximum Gasteiger partial charge on any atom is 0.331 e. The number of carbonyl (C=O) groups is 3. The number of hydrogen-bond donors (Lipinski definition) is 2. The minimum atomic E-state index is -0.366. The lowest BCUT2D eigenvalue weighted by atomic mass is 10.1. The van der Waals surface area contributed by atoms with Gasteiger partial charge in [0.2, 0.25) is 5.91 Å². The van der Waals surface area contributed by atoms with Gasteiger partial charge in [0, 0.05) is 37.9 Å². The zero-order valence-corrected chi connectivity index (χ0v) is 25.0. The van der Waals surface area contributed by atoms with Gasteiger partial charge in [-0.05, 0) is 69.4 Å². The Labute approximate surface area is 253 Å². The smallest absolute Gasteiger partial charge is 0.331 e. The number of anilines is 3. The second-order valence-electron chi connectivity index (χ2n) is 10.9. The number of amides is 4. The highest BCUT2D eigenvalue weighted by atomic mass is 32.1. The quantitative estimate of drug-likeness (QED) is 0.259. The van der Waals surface area contributed by atoms with Crippen LogP contribution in [0.2, 0.25) is 0 Å². The summed E-state index contributed by atoms with van der Waals surface area (Å²) in [5.74, 6) is 1.03. The van der Waals surface area contributed by atoms with Crippen LogP contribution in [-0.2, 0) is 4.79 Å². The topological polar surface area (TPSA) is 107 Å². The molecule has 220 valence electrons. The van der Waals surface area contributed by atoms with Crippen molar-refractivity contribution < 1.29 is 19.1 Å². The molecule has 4 heterocycles. The normalized spacial score (nSPS) is 16.3. The maximum atomic E-state index is 13.6. The molecule has 2 aromatic carbocycles. The highest BCUT2D eigenvalue weighted by Gasteiger charge is 2.34. The van der Waals surface area contributed by atoms with E-state index in [1.165, 1.54) is 11.3 Å². The number of nitrogens with zero attached hydrogens (tertiary/aromatic N) is 4. The van der Waals surface area contributed by atoms with Crippen molar-refractivity contribution in [2.45, 2.75) is 19.4 Å². The Kier molecular flexibility index (Phi) is 7.83. The molecule has 4 aromatic rings. The molecule has 1 saturated heterocycles. The lowest BCUT2D eigenvalue weighted by molar-refractivity contribution is -0.125. The van der Waals surface area contributed by atoms with Crippen LogP contribution in [0.4, 0.5) is 21.9 Å². The third-order valence-corrected chi connectivity index (χ3v) is 8.50. The Morgan fingerprint density at radius 2 is 1.95 bits per heavy atom. The molecular formula is C32H32N6O4S. The number of ether oxygens (including phenoxy) is 1. The SMILES string of the molecule is Cc1cc(Oc2ccccc2)ccc1N1C(=O)Nc2c(C(=O)NC3CCN(C(=O)C=CCN(C)C)C3)sc3nccc1c23. The number of pyridine rings is 1. The summed E-state index contributed by atoms with van der Waals surface area (Å²) in [6.45, 7) is 3.61. The van der Waals surface area contributed by atoms with E-state index >= 15 is 0 Å². The summed E-state index contributed by atoms with van der Waals surface area (Å²) in [4.78, 5) is 50.5. The number of aromatic nitrogens is 1. The first-order valence-corrected chi connectivity index (χ1v) is 14.9. The first-order chi connectivity index (χ1) is 20.8. The van der Waals surface area contributed by atoms with Crippen LogP contribution < -0.4 is 20.3 Å². The van der Waals surface area contributed by atoms with E-state index in [0.717, 1.165) is 16.7 Å². The number of benzene rings is 2. The van der Waals surface area contributed by atoms with Crippen LogP contribution in [0.5, 0.6) is 11.5 Å². The van der Waals surface area contributed by atoms with Gasteiger partial charge in [0.25, 0.3) is 5.91 Å². The van der Waals surface area contributed by atoms with Gasteiger partial charge >= 0.3 is 6.03 Å². The van der Waals surface area contributed by atoms with Crippen LogP contribution in [-0.4, -0.2) is 72.4 Å². The minimum absolute atomic E-state index is 0.0632. The number of hydrogen-bond acceptors (Lipinski definition) is 7. The van der Waals surface area contributed by atoms with Crippen molar-refractivity contribution in [1.82, 2.24) is 20.1 Å². The lowest BCUT2D eigenvalue weighted by Gasteiger charge is -2.29. The Bertz CT molecular complexity index is 1730. The molecule has 11 heteroatoms. The number of para-hydroxylation sites is 1. The molecule has 2 aliphatic rings. The van der Waals surface area contributed by atoms with Crippen LogP contribution in [0.25, 0.3) is 10.2 Å². The summed E-state index contributed by atoms with van der Waals surface area (Å²) >= 11 is 1.24. The highest BCUT2D eigenvalue weighted by Crippen LogP contribution is 2.46. The molecule has 1 atom stereocenters. The number of likely N-dealkylation sites (N-methyl/N-ethyl adjacent to an activating group) is 1. The highest BCUT2D eigenvalue weighted by molar-refractivity contribution is 7.21. The summed E-state index contributed by atoms with van der Waals surface area (Å²) in [6, 6.07) is 16.3. The van der Waals surface area contributed by atoms with Gasteiger partial charge < -0.3 is 25.2 Å². The molecule has 43 heavy (non-hydrogen) atoms. The van der Waals surface area contributed by atoms with E-state index < -0.39 is 0 Å². The largest absolute Gasteiger partial charge is 0.457 e. The number of urea groups is 1. The molecule has 2 N–H and O–H groups in total. The molecule has 1 unspecified atom stereocenters. The van der Waals surface area contributed by atoms with Gasteiger partial charge in [0.1, 0.15) is 21.2 Å². The number of aryl methyl sites for hydroxylation is 1. The monoisotopic (exact) mass is 596 g/mol. The first kappa shape index (κ1) is 28.4. The number of likely N-dealkylation sites (tertiary alicyclic amines) is 1. The summed E-state index contributed by atoms with van der Waals surface area (Å²) in [6.07, 6.45) is 5.73.